The molecule has 6 aromatic rings. The Hall–Kier alpha value is -6.11. The van der Waals surface area contributed by atoms with Crippen LogP contribution in [0.15, 0.2) is 90.7 Å². The number of hydrogen-bond acceptors (Lipinski definition) is 14. The van der Waals surface area contributed by atoms with Crippen molar-refractivity contribution in [3.05, 3.63) is 102 Å². The number of aliphatic hydroxyl groups excluding tert-OH is 1. The van der Waals surface area contributed by atoms with Crippen LogP contribution in [-0.4, -0.2) is 122 Å². The van der Waals surface area contributed by atoms with Crippen LogP contribution in [0.2, 0.25) is 0 Å². The number of anilines is 1. The molecule has 2 fully saturated rings. The van der Waals surface area contributed by atoms with E-state index in [0.29, 0.717) is 19.0 Å². The zero-order valence-electron chi connectivity index (χ0n) is 38.3. The number of nitrogens with one attached hydrogen (secondary N) is 1. The molecule has 2 saturated heterocycles. The van der Waals surface area contributed by atoms with Crippen LogP contribution >= 0.6 is 11.3 Å². The number of aromatic nitrogens is 5. The molecule has 17 heteroatoms. The number of β-amino-alcohol motifs (C(OH)–C–C–N with tert-alkyl or cyclic N) is 1. The Bertz CT molecular complexity index is 2600. The number of thiazole rings is 1. The second kappa shape index (κ2) is 22.1. The molecule has 2 amide bonds. The standard InChI is InChI=1S/C50H59N9O7S/c1-32(2)42(50(63)58-28-38(60)26-43(58)49(62)52-27-34-9-11-36(12-10-34)46-33(3)55-31-67-46)25-39(61)29-65-24-23-64-22-21-57-19-17-37(18-20-57)59-48-44(47(51)53-30-54-48)45(56-59)35-13-15-41(16-14-35)66-40-7-5-4-6-8-40/h4-16,30-32,37-38,42-43,60H,17-29H2,1-3H3,(H,52,62)(H2,51,53,54)/t38-,42+,43+/m1/s1. The van der Waals surface area contributed by atoms with Crippen molar-refractivity contribution in [2.45, 2.75) is 71.2 Å². The van der Waals surface area contributed by atoms with Crippen molar-refractivity contribution in [3.63, 3.8) is 0 Å². The van der Waals surface area contributed by atoms with Gasteiger partial charge in [-0.15, -0.1) is 11.3 Å². The molecule has 16 nitrogen and oxygen atoms in total. The summed E-state index contributed by atoms with van der Waals surface area (Å²) >= 11 is 1.58. The van der Waals surface area contributed by atoms with Gasteiger partial charge in [0.25, 0.3) is 0 Å². The van der Waals surface area contributed by atoms with E-state index in [0.717, 1.165) is 88.0 Å². The van der Waals surface area contributed by atoms with Crippen LogP contribution in [0.25, 0.3) is 32.7 Å². The first kappa shape index (κ1) is 47.4. The van der Waals surface area contributed by atoms with Crippen molar-refractivity contribution in [2.24, 2.45) is 11.8 Å². The van der Waals surface area contributed by atoms with Crippen LogP contribution in [0.1, 0.15) is 56.8 Å². The van der Waals surface area contributed by atoms with Crippen molar-refractivity contribution in [1.82, 2.24) is 39.8 Å². The van der Waals surface area contributed by atoms with E-state index in [2.05, 4.69) is 25.2 Å². The van der Waals surface area contributed by atoms with Crippen LogP contribution in [0.3, 0.4) is 0 Å². The van der Waals surface area contributed by atoms with E-state index >= 15 is 0 Å². The van der Waals surface area contributed by atoms with E-state index in [-0.39, 0.29) is 68.7 Å². The number of likely N-dealkylation sites (tertiary alicyclic amines) is 2. The van der Waals surface area contributed by atoms with Gasteiger partial charge >= 0.3 is 0 Å². The van der Waals surface area contributed by atoms with Crippen LogP contribution in [-0.2, 0) is 30.4 Å². The lowest BCUT2D eigenvalue weighted by Crippen LogP contribution is -2.48. The molecular weight excluding hydrogens is 871 g/mol. The Labute approximate surface area is 394 Å². The number of nitrogen functional groups attached to an aromatic ring is 1. The quantitative estimate of drug-likeness (QED) is 0.0704. The van der Waals surface area contributed by atoms with E-state index in [1.54, 1.807) is 11.3 Å². The molecule has 3 aromatic carbocycles. The summed E-state index contributed by atoms with van der Waals surface area (Å²) in [5, 5.41) is 19.3. The van der Waals surface area contributed by atoms with Gasteiger partial charge in [-0.2, -0.15) is 5.10 Å². The minimum atomic E-state index is -0.829. The number of nitrogens with two attached hydrogens (primary N) is 1. The summed E-state index contributed by atoms with van der Waals surface area (Å²) in [6, 6.07) is 24.7. The number of fused-ring (bicyclic) bond motifs is 1. The first-order valence-corrected chi connectivity index (χ1v) is 23.9. The van der Waals surface area contributed by atoms with Gasteiger partial charge in [0.1, 0.15) is 42.0 Å². The highest BCUT2D eigenvalue weighted by atomic mass is 32.1. The number of piperidine rings is 1. The van der Waals surface area contributed by atoms with E-state index in [4.69, 9.17) is 25.0 Å². The Balaban J connectivity index is 0.741. The Morgan fingerprint density at radius 1 is 0.896 bits per heavy atom. The lowest BCUT2D eigenvalue weighted by molar-refractivity contribution is -0.144. The smallest absolute Gasteiger partial charge is 0.243 e. The molecular formula is C50H59N9O7S. The molecule has 2 aliphatic rings. The van der Waals surface area contributed by atoms with Gasteiger partial charge in [-0.05, 0) is 73.2 Å². The SMILES string of the molecule is Cc1ncsc1-c1ccc(CNC(=O)[C@@H]2C[C@@H](O)CN2C(=O)[C@@H](CC(=O)COCCOCCN2CCC(n3nc(-c4ccc(Oc5ccccc5)cc4)c4c(N)ncnc43)CC2)C(C)C)cc1. The maximum atomic E-state index is 13.9. The summed E-state index contributed by atoms with van der Waals surface area (Å²) in [6.07, 6.45) is 2.54. The molecule has 3 aromatic heterocycles. The first-order chi connectivity index (χ1) is 32.5. The number of nitrogens with zero attached hydrogens (tertiary/aromatic N) is 7. The zero-order valence-corrected chi connectivity index (χ0v) is 39.1. The van der Waals surface area contributed by atoms with E-state index in [1.807, 2.05) is 110 Å². The second-order valence-electron chi connectivity index (χ2n) is 17.6. The highest BCUT2D eigenvalue weighted by Gasteiger charge is 2.42. The maximum absolute atomic E-state index is 13.9. The fraction of sp³-hybridized carbons (Fsp3) is 0.420. The highest BCUT2D eigenvalue weighted by molar-refractivity contribution is 7.13. The molecule has 3 atom stereocenters. The largest absolute Gasteiger partial charge is 0.457 e. The van der Waals surface area contributed by atoms with Crippen LogP contribution in [0.4, 0.5) is 5.82 Å². The van der Waals surface area contributed by atoms with E-state index in [1.165, 1.54) is 11.2 Å². The molecule has 0 aliphatic carbocycles. The van der Waals surface area contributed by atoms with Gasteiger partial charge in [0.05, 0.1) is 53.4 Å². The van der Waals surface area contributed by atoms with Gasteiger partial charge in [-0.3, -0.25) is 14.4 Å². The molecule has 4 N–H and O–H groups in total. The lowest BCUT2D eigenvalue weighted by Gasteiger charge is -2.32. The number of aryl methyl sites for hydroxylation is 1. The molecule has 0 radical (unpaired) electrons. The van der Waals surface area contributed by atoms with Crippen molar-refractivity contribution in [3.8, 4) is 33.2 Å². The average molecular weight is 930 g/mol. The molecule has 0 unspecified atom stereocenters. The van der Waals surface area contributed by atoms with Crippen molar-refractivity contribution in [1.29, 1.82) is 0 Å². The second-order valence-corrected chi connectivity index (χ2v) is 18.5. The minimum Gasteiger partial charge on any atom is -0.457 e. The summed E-state index contributed by atoms with van der Waals surface area (Å²) in [4.78, 5) is 58.5. The Morgan fingerprint density at radius 3 is 2.33 bits per heavy atom. The monoisotopic (exact) mass is 929 g/mol. The van der Waals surface area contributed by atoms with Gasteiger partial charge in [-0.25, -0.2) is 19.6 Å². The third-order valence-corrected chi connectivity index (χ3v) is 13.6. The minimum absolute atomic E-state index is 0.0203. The normalized spacial score (nSPS) is 17.3. The molecule has 2 aliphatic heterocycles. The summed E-state index contributed by atoms with van der Waals surface area (Å²) in [5.41, 5.74) is 13.5. The summed E-state index contributed by atoms with van der Waals surface area (Å²) in [7, 11) is 0. The lowest BCUT2D eigenvalue weighted by atomic mass is 9.89. The molecule has 8 rings (SSSR count). The Morgan fingerprint density at radius 2 is 1.61 bits per heavy atom. The third kappa shape index (κ3) is 11.7. The van der Waals surface area contributed by atoms with Gasteiger partial charge in [-0.1, -0.05) is 56.3 Å². The number of rotatable bonds is 20. The molecule has 0 saturated carbocycles. The Kier molecular flexibility index (Phi) is 15.6. The molecule has 5 heterocycles. The molecule has 0 bridgehead atoms. The van der Waals surface area contributed by atoms with Crippen molar-refractivity contribution in [2.75, 3.05) is 58.3 Å². The molecule has 67 heavy (non-hydrogen) atoms. The number of ether oxygens (including phenoxy) is 3. The topological polar surface area (TPSA) is 200 Å². The van der Waals surface area contributed by atoms with E-state index in [9.17, 15) is 19.5 Å². The summed E-state index contributed by atoms with van der Waals surface area (Å²) in [5.74, 6) is 0.209. The highest BCUT2D eigenvalue weighted by Crippen LogP contribution is 2.35. The van der Waals surface area contributed by atoms with Crippen LogP contribution in [0.5, 0.6) is 11.5 Å². The molecule has 0 spiro atoms. The average Bonchev–Trinajstić information content (AvgIpc) is 4.07. The van der Waals surface area contributed by atoms with Crippen LogP contribution < -0.4 is 15.8 Å². The van der Waals surface area contributed by atoms with E-state index < -0.39 is 18.1 Å². The van der Waals surface area contributed by atoms with Gasteiger partial charge in [0.2, 0.25) is 11.8 Å². The van der Waals surface area contributed by atoms with Gasteiger partial charge in [0, 0.05) is 57.0 Å². The fourth-order valence-corrected chi connectivity index (χ4v) is 9.65. The predicted octanol–water partition coefficient (Wildman–Crippen LogP) is 6.48. The molecule has 352 valence electrons. The number of amides is 2. The number of benzene rings is 3. The number of carbonyl (C=O) groups is 3. The van der Waals surface area contributed by atoms with Crippen molar-refractivity contribution < 1.29 is 33.7 Å². The fourth-order valence-electron chi connectivity index (χ4n) is 8.84. The van der Waals surface area contributed by atoms with Gasteiger partial charge in [0.15, 0.2) is 11.4 Å². The first-order valence-electron chi connectivity index (χ1n) is 23.0. The van der Waals surface area contributed by atoms with Gasteiger partial charge < -0.3 is 40.2 Å². The number of carbonyl (C=O) groups excluding carboxylic acids is 3. The van der Waals surface area contributed by atoms with Crippen molar-refractivity contribution >= 4 is 45.8 Å². The number of Topliss-reactive ketones (excluding diaryl/α,β-unsaturated/α-hetero) is 1. The maximum Gasteiger partial charge on any atom is 0.243 e. The summed E-state index contributed by atoms with van der Waals surface area (Å²) < 4.78 is 19.5. The number of aliphatic hydroxyl groups is 1. The summed E-state index contributed by atoms with van der Waals surface area (Å²) in [6.45, 7) is 9.50. The third-order valence-electron chi connectivity index (χ3n) is 12.6. The predicted molar refractivity (Wildman–Crippen MR) is 256 cm³/mol. The number of para-hydroxylation sites is 1. The number of hydrogen-bond donors (Lipinski definition) is 3. The number of ketones is 1. The zero-order chi connectivity index (χ0) is 46.9. The van der Waals surface area contributed by atoms with Crippen LogP contribution in [0, 0.1) is 18.8 Å².